The van der Waals surface area contributed by atoms with E-state index in [1.807, 2.05) is 51.1 Å². The van der Waals surface area contributed by atoms with E-state index in [1.165, 1.54) is 24.3 Å². The van der Waals surface area contributed by atoms with Gasteiger partial charge in [0.25, 0.3) is 15.9 Å². The van der Waals surface area contributed by atoms with Gasteiger partial charge in [0.2, 0.25) is 0 Å². The molecule has 0 aliphatic heterocycles. The summed E-state index contributed by atoms with van der Waals surface area (Å²) >= 11 is 3.39. The van der Waals surface area contributed by atoms with Gasteiger partial charge < -0.3 is 10.1 Å². The molecule has 3 aromatic carbocycles. The van der Waals surface area contributed by atoms with Crippen LogP contribution in [0.4, 0.5) is 5.69 Å². The minimum absolute atomic E-state index is 0.109. The predicted octanol–water partition coefficient (Wildman–Crippen LogP) is 5.12. The van der Waals surface area contributed by atoms with E-state index >= 15 is 0 Å². The highest BCUT2D eigenvalue weighted by atomic mass is 79.9. The molecule has 32 heavy (non-hydrogen) atoms. The molecule has 0 saturated heterocycles. The molecule has 6 nitrogen and oxygen atoms in total. The Morgan fingerprint density at radius 3 is 2.16 bits per heavy atom. The normalized spacial score (nSPS) is 12.1. The lowest BCUT2D eigenvalue weighted by Crippen LogP contribution is -2.31. The van der Waals surface area contributed by atoms with Crippen molar-refractivity contribution in [3.05, 3.63) is 87.9 Å². The molecule has 0 bridgehead atoms. The first-order valence-corrected chi connectivity index (χ1v) is 12.3. The molecule has 0 saturated carbocycles. The van der Waals surface area contributed by atoms with Gasteiger partial charge in [-0.2, -0.15) is 0 Å². The van der Waals surface area contributed by atoms with Gasteiger partial charge >= 0.3 is 0 Å². The van der Waals surface area contributed by atoms with Crippen molar-refractivity contribution in [3.8, 4) is 5.75 Å². The SMILES string of the molecule is Cc1cc(C)cc(NS(=O)(=O)c2ccc(OCC(=O)N[C@@H](C)c3ccc(Br)cc3)cc2)c1. The van der Waals surface area contributed by atoms with Crippen molar-refractivity contribution >= 4 is 37.5 Å². The van der Waals surface area contributed by atoms with Crippen LogP contribution in [0.1, 0.15) is 29.7 Å². The van der Waals surface area contributed by atoms with Gasteiger partial charge in [-0.1, -0.05) is 34.1 Å². The van der Waals surface area contributed by atoms with E-state index in [2.05, 4.69) is 26.0 Å². The maximum atomic E-state index is 12.7. The van der Waals surface area contributed by atoms with Crippen LogP contribution in [0, 0.1) is 13.8 Å². The van der Waals surface area contributed by atoms with E-state index in [0.29, 0.717) is 11.4 Å². The molecule has 8 heteroatoms. The molecule has 2 N–H and O–H groups in total. The molecule has 1 atom stereocenters. The number of hydrogen-bond acceptors (Lipinski definition) is 4. The molecule has 0 fully saturated rings. The zero-order chi connectivity index (χ0) is 23.3. The van der Waals surface area contributed by atoms with E-state index < -0.39 is 10.0 Å². The van der Waals surface area contributed by atoms with Crippen LogP contribution in [-0.4, -0.2) is 20.9 Å². The fourth-order valence-electron chi connectivity index (χ4n) is 3.23. The molecular weight excluding hydrogens is 492 g/mol. The fraction of sp³-hybridized carbons (Fsp3) is 0.208. The third-order valence-electron chi connectivity index (χ3n) is 4.73. The highest BCUT2D eigenvalue weighted by molar-refractivity contribution is 9.10. The van der Waals surface area contributed by atoms with E-state index in [9.17, 15) is 13.2 Å². The highest BCUT2D eigenvalue weighted by Crippen LogP contribution is 2.21. The number of rotatable bonds is 8. The summed E-state index contributed by atoms with van der Waals surface area (Å²) in [6.07, 6.45) is 0. The van der Waals surface area contributed by atoms with Crippen LogP contribution in [0.2, 0.25) is 0 Å². The van der Waals surface area contributed by atoms with Crippen molar-refractivity contribution in [1.82, 2.24) is 5.32 Å². The van der Waals surface area contributed by atoms with Crippen molar-refractivity contribution in [3.63, 3.8) is 0 Å². The first-order chi connectivity index (χ1) is 15.1. The Hall–Kier alpha value is -2.84. The number of aryl methyl sites for hydroxylation is 2. The predicted molar refractivity (Wildman–Crippen MR) is 129 cm³/mol. The Kier molecular flexibility index (Phi) is 7.58. The number of carbonyl (C=O) groups excluding carboxylic acids is 1. The Morgan fingerprint density at radius 2 is 1.56 bits per heavy atom. The molecule has 0 spiro atoms. The van der Waals surface area contributed by atoms with Gasteiger partial charge in [-0.05, 0) is 86.0 Å². The minimum Gasteiger partial charge on any atom is -0.484 e. The number of amides is 1. The number of nitrogens with one attached hydrogen (secondary N) is 2. The van der Waals surface area contributed by atoms with Crippen LogP contribution in [0.15, 0.2) is 76.1 Å². The Labute approximate surface area is 197 Å². The second-order valence-corrected chi connectivity index (χ2v) is 10.2. The van der Waals surface area contributed by atoms with Crippen LogP contribution in [0.3, 0.4) is 0 Å². The van der Waals surface area contributed by atoms with Crippen LogP contribution in [0.25, 0.3) is 0 Å². The number of hydrogen-bond donors (Lipinski definition) is 2. The summed E-state index contributed by atoms with van der Waals surface area (Å²) in [5.74, 6) is 0.135. The molecule has 168 valence electrons. The Morgan fingerprint density at radius 1 is 0.969 bits per heavy atom. The highest BCUT2D eigenvalue weighted by Gasteiger charge is 2.15. The van der Waals surface area contributed by atoms with Crippen LogP contribution >= 0.6 is 15.9 Å². The maximum absolute atomic E-state index is 12.7. The van der Waals surface area contributed by atoms with E-state index in [0.717, 1.165) is 21.2 Å². The van der Waals surface area contributed by atoms with Gasteiger partial charge in [-0.25, -0.2) is 8.42 Å². The number of carbonyl (C=O) groups is 1. The first kappa shape index (κ1) is 23.8. The van der Waals surface area contributed by atoms with Crippen LogP contribution in [-0.2, 0) is 14.8 Å². The summed E-state index contributed by atoms with van der Waals surface area (Å²) in [6, 6.07) is 19.0. The summed E-state index contributed by atoms with van der Waals surface area (Å²) in [5.41, 5.74) is 3.44. The minimum atomic E-state index is -3.73. The topological polar surface area (TPSA) is 84.5 Å². The van der Waals surface area contributed by atoms with E-state index in [1.54, 1.807) is 12.1 Å². The molecule has 0 aromatic heterocycles. The average Bonchev–Trinajstić information content (AvgIpc) is 2.72. The fourth-order valence-corrected chi connectivity index (χ4v) is 4.53. The zero-order valence-electron chi connectivity index (χ0n) is 18.1. The second kappa shape index (κ2) is 10.2. The smallest absolute Gasteiger partial charge is 0.261 e. The summed E-state index contributed by atoms with van der Waals surface area (Å²) in [4.78, 5) is 12.3. The summed E-state index contributed by atoms with van der Waals surface area (Å²) < 4.78 is 34.4. The quantitative estimate of drug-likeness (QED) is 0.434. The first-order valence-electron chi connectivity index (χ1n) is 10.0. The lowest BCUT2D eigenvalue weighted by atomic mass is 10.1. The van der Waals surface area contributed by atoms with Crippen LogP contribution < -0.4 is 14.8 Å². The van der Waals surface area contributed by atoms with Gasteiger partial charge in [0.15, 0.2) is 6.61 Å². The van der Waals surface area contributed by atoms with Crippen molar-refractivity contribution in [1.29, 1.82) is 0 Å². The molecule has 0 aliphatic carbocycles. The van der Waals surface area contributed by atoms with Crippen molar-refractivity contribution in [2.75, 3.05) is 11.3 Å². The monoisotopic (exact) mass is 516 g/mol. The number of sulfonamides is 1. The average molecular weight is 517 g/mol. The van der Waals surface area contributed by atoms with Gasteiger partial charge in [0, 0.05) is 10.2 Å². The number of anilines is 1. The van der Waals surface area contributed by atoms with E-state index in [-0.39, 0.29) is 23.5 Å². The van der Waals surface area contributed by atoms with E-state index in [4.69, 9.17) is 4.74 Å². The maximum Gasteiger partial charge on any atom is 0.261 e. The molecule has 3 rings (SSSR count). The lowest BCUT2D eigenvalue weighted by molar-refractivity contribution is -0.123. The number of ether oxygens (including phenoxy) is 1. The molecule has 1 amide bonds. The summed E-state index contributed by atoms with van der Waals surface area (Å²) in [7, 11) is -3.73. The molecule has 0 heterocycles. The summed E-state index contributed by atoms with van der Waals surface area (Å²) in [5, 5.41) is 2.87. The Balaban J connectivity index is 1.56. The third kappa shape index (κ3) is 6.58. The number of halogens is 1. The van der Waals surface area contributed by atoms with Crippen molar-refractivity contribution < 1.29 is 17.9 Å². The van der Waals surface area contributed by atoms with Crippen molar-refractivity contribution in [2.45, 2.75) is 31.7 Å². The molecule has 0 unspecified atom stereocenters. The van der Waals surface area contributed by atoms with Gasteiger partial charge in [-0.15, -0.1) is 0 Å². The standard InChI is InChI=1S/C24H25BrN2O4S/c1-16-12-17(2)14-21(13-16)27-32(29,30)23-10-8-22(9-11-23)31-15-24(28)26-18(3)19-4-6-20(25)7-5-19/h4-14,18,27H,15H2,1-3H3,(H,26,28)/t18-/m0/s1. The molecule has 0 radical (unpaired) electrons. The molecular formula is C24H25BrN2O4S. The molecule has 3 aromatic rings. The second-order valence-electron chi connectivity index (χ2n) is 7.58. The third-order valence-corrected chi connectivity index (χ3v) is 6.65. The Bertz CT molecular complexity index is 1170. The van der Waals surface area contributed by atoms with Crippen molar-refractivity contribution in [2.24, 2.45) is 0 Å². The van der Waals surface area contributed by atoms with Gasteiger partial charge in [0.05, 0.1) is 10.9 Å². The van der Waals surface area contributed by atoms with Gasteiger partial charge in [-0.3, -0.25) is 9.52 Å². The zero-order valence-corrected chi connectivity index (χ0v) is 20.5. The summed E-state index contributed by atoms with van der Waals surface area (Å²) in [6.45, 7) is 5.54. The van der Waals surface area contributed by atoms with Crippen LogP contribution in [0.5, 0.6) is 5.75 Å². The largest absolute Gasteiger partial charge is 0.484 e. The lowest BCUT2D eigenvalue weighted by Gasteiger charge is -2.15. The van der Waals surface area contributed by atoms with Gasteiger partial charge in [0.1, 0.15) is 5.75 Å². The molecule has 0 aliphatic rings. The number of benzene rings is 3.